The monoisotopic (exact) mass is 289 g/mol. The molecule has 2 heterocycles. The van der Waals surface area contributed by atoms with Crippen LogP contribution in [0.3, 0.4) is 0 Å². The van der Waals surface area contributed by atoms with Gasteiger partial charge in [0.1, 0.15) is 5.15 Å². The molecule has 0 spiro atoms. The van der Waals surface area contributed by atoms with Crippen molar-refractivity contribution in [1.82, 2.24) is 9.97 Å². The lowest BCUT2D eigenvalue weighted by atomic mass is 10.1. The fourth-order valence-electron chi connectivity index (χ4n) is 2.01. The Morgan fingerprint density at radius 1 is 1.21 bits per heavy atom. The van der Waals surface area contributed by atoms with Crippen LogP contribution in [-0.2, 0) is 6.42 Å². The molecule has 0 bridgehead atoms. The van der Waals surface area contributed by atoms with Crippen molar-refractivity contribution < 1.29 is 0 Å². The standard InChI is InChI=1S/C14H12ClN3S/c15-12-9-19-14(18-12)17-8-6-11-4-1-3-10-5-2-7-16-13(10)11/h1-5,7,9H,6,8H2,(H,17,18). The molecule has 3 nitrogen and oxygen atoms in total. The van der Waals surface area contributed by atoms with E-state index in [1.165, 1.54) is 22.3 Å². The number of aromatic nitrogens is 2. The number of nitrogens with one attached hydrogen (secondary N) is 1. The van der Waals surface area contributed by atoms with E-state index in [1.807, 2.05) is 17.6 Å². The third-order valence-electron chi connectivity index (χ3n) is 2.86. The zero-order chi connectivity index (χ0) is 13.1. The van der Waals surface area contributed by atoms with E-state index < -0.39 is 0 Å². The van der Waals surface area contributed by atoms with E-state index >= 15 is 0 Å². The highest BCUT2D eigenvalue weighted by molar-refractivity contribution is 7.14. The van der Waals surface area contributed by atoms with Crippen molar-refractivity contribution in [2.24, 2.45) is 0 Å². The van der Waals surface area contributed by atoms with Gasteiger partial charge in [-0.05, 0) is 18.1 Å². The minimum atomic E-state index is 0.541. The van der Waals surface area contributed by atoms with Crippen LogP contribution < -0.4 is 5.32 Å². The van der Waals surface area contributed by atoms with Crippen LogP contribution in [-0.4, -0.2) is 16.5 Å². The quantitative estimate of drug-likeness (QED) is 0.789. The number of hydrogen-bond acceptors (Lipinski definition) is 4. The number of fused-ring (bicyclic) bond motifs is 1. The number of pyridine rings is 1. The first kappa shape index (κ1) is 12.4. The molecule has 0 amide bonds. The second kappa shape index (κ2) is 5.55. The summed E-state index contributed by atoms with van der Waals surface area (Å²) in [4.78, 5) is 8.61. The molecule has 1 N–H and O–H groups in total. The van der Waals surface area contributed by atoms with Gasteiger partial charge in [-0.25, -0.2) is 4.98 Å². The molecule has 0 aliphatic heterocycles. The lowest BCUT2D eigenvalue weighted by molar-refractivity contribution is 1.02. The third-order valence-corrected chi connectivity index (χ3v) is 3.99. The fraction of sp³-hybridized carbons (Fsp3) is 0.143. The van der Waals surface area contributed by atoms with Crippen molar-refractivity contribution in [2.45, 2.75) is 6.42 Å². The van der Waals surface area contributed by atoms with Gasteiger partial charge in [-0.15, -0.1) is 11.3 Å². The van der Waals surface area contributed by atoms with Gasteiger partial charge in [0.25, 0.3) is 0 Å². The van der Waals surface area contributed by atoms with E-state index in [-0.39, 0.29) is 0 Å². The Bertz CT molecular complexity index is 690. The number of thiazole rings is 1. The minimum Gasteiger partial charge on any atom is -0.361 e. The second-order valence-electron chi connectivity index (χ2n) is 4.14. The lowest BCUT2D eigenvalue weighted by Crippen LogP contribution is -2.05. The number of para-hydroxylation sites is 1. The van der Waals surface area contributed by atoms with Crippen molar-refractivity contribution in [2.75, 3.05) is 11.9 Å². The topological polar surface area (TPSA) is 37.8 Å². The normalized spacial score (nSPS) is 10.8. The first-order valence-electron chi connectivity index (χ1n) is 6.00. The van der Waals surface area contributed by atoms with Crippen molar-refractivity contribution in [3.8, 4) is 0 Å². The van der Waals surface area contributed by atoms with Gasteiger partial charge in [-0.1, -0.05) is 35.9 Å². The molecule has 96 valence electrons. The minimum absolute atomic E-state index is 0.541. The summed E-state index contributed by atoms with van der Waals surface area (Å²) in [7, 11) is 0. The van der Waals surface area contributed by atoms with Gasteiger partial charge < -0.3 is 5.32 Å². The van der Waals surface area contributed by atoms with E-state index in [0.29, 0.717) is 5.15 Å². The van der Waals surface area contributed by atoms with E-state index in [1.54, 1.807) is 0 Å². The predicted octanol–water partition coefficient (Wildman–Crippen LogP) is 4.00. The van der Waals surface area contributed by atoms with Crippen molar-refractivity contribution in [3.63, 3.8) is 0 Å². The molecule has 0 aliphatic carbocycles. The largest absolute Gasteiger partial charge is 0.361 e. The van der Waals surface area contributed by atoms with Gasteiger partial charge in [-0.2, -0.15) is 0 Å². The smallest absolute Gasteiger partial charge is 0.184 e. The fourth-order valence-corrected chi connectivity index (χ4v) is 2.87. The number of nitrogens with zero attached hydrogens (tertiary/aromatic N) is 2. The van der Waals surface area contributed by atoms with E-state index in [9.17, 15) is 0 Å². The van der Waals surface area contributed by atoms with Crippen molar-refractivity contribution in [1.29, 1.82) is 0 Å². The maximum atomic E-state index is 5.78. The van der Waals surface area contributed by atoms with Crippen LogP contribution in [0.4, 0.5) is 5.13 Å². The third kappa shape index (κ3) is 2.85. The Labute approximate surface area is 120 Å². The molecular formula is C14H12ClN3S. The Balaban J connectivity index is 1.71. The molecular weight excluding hydrogens is 278 g/mol. The molecule has 0 unspecified atom stereocenters. The number of halogens is 1. The van der Waals surface area contributed by atoms with Crippen LogP contribution >= 0.6 is 22.9 Å². The van der Waals surface area contributed by atoms with E-state index in [0.717, 1.165) is 23.6 Å². The lowest BCUT2D eigenvalue weighted by Gasteiger charge is -2.06. The first-order chi connectivity index (χ1) is 9.33. The Morgan fingerprint density at radius 3 is 2.95 bits per heavy atom. The van der Waals surface area contributed by atoms with Crippen LogP contribution in [0, 0.1) is 0 Å². The summed E-state index contributed by atoms with van der Waals surface area (Å²) in [5.74, 6) is 0. The summed E-state index contributed by atoms with van der Waals surface area (Å²) in [6, 6.07) is 10.3. The highest BCUT2D eigenvalue weighted by Crippen LogP contribution is 2.20. The van der Waals surface area contributed by atoms with Gasteiger partial charge in [0.2, 0.25) is 0 Å². The summed E-state index contributed by atoms with van der Waals surface area (Å²) in [5, 5.41) is 7.68. The molecule has 0 atom stereocenters. The number of benzene rings is 1. The van der Waals surface area contributed by atoms with Gasteiger partial charge in [0, 0.05) is 23.5 Å². The van der Waals surface area contributed by atoms with E-state index in [4.69, 9.17) is 11.6 Å². The highest BCUT2D eigenvalue weighted by Gasteiger charge is 2.02. The molecule has 19 heavy (non-hydrogen) atoms. The molecule has 0 radical (unpaired) electrons. The SMILES string of the molecule is Clc1csc(NCCc2cccc3cccnc23)n1. The molecule has 0 saturated heterocycles. The highest BCUT2D eigenvalue weighted by atomic mass is 35.5. The summed E-state index contributed by atoms with van der Waals surface area (Å²) < 4.78 is 0. The van der Waals surface area contributed by atoms with Crippen LogP contribution in [0.1, 0.15) is 5.56 Å². The van der Waals surface area contributed by atoms with Gasteiger partial charge >= 0.3 is 0 Å². The van der Waals surface area contributed by atoms with Crippen LogP contribution in [0.2, 0.25) is 5.15 Å². The molecule has 5 heteroatoms. The molecule has 2 aromatic heterocycles. The van der Waals surface area contributed by atoms with Gasteiger partial charge in [0.05, 0.1) is 5.52 Å². The van der Waals surface area contributed by atoms with Gasteiger partial charge in [0.15, 0.2) is 5.13 Å². The zero-order valence-electron chi connectivity index (χ0n) is 10.1. The van der Waals surface area contributed by atoms with Crippen LogP contribution in [0.15, 0.2) is 41.9 Å². The molecule has 0 fully saturated rings. The van der Waals surface area contributed by atoms with Crippen molar-refractivity contribution >= 4 is 39.0 Å². The van der Waals surface area contributed by atoms with Crippen LogP contribution in [0.25, 0.3) is 10.9 Å². The molecule has 0 aliphatic rings. The summed E-state index contributed by atoms with van der Waals surface area (Å²) in [6.07, 6.45) is 2.74. The number of hydrogen-bond donors (Lipinski definition) is 1. The number of rotatable bonds is 4. The van der Waals surface area contributed by atoms with Gasteiger partial charge in [-0.3, -0.25) is 4.98 Å². The maximum Gasteiger partial charge on any atom is 0.184 e. The molecule has 1 aromatic carbocycles. The van der Waals surface area contributed by atoms with E-state index in [2.05, 4.69) is 39.6 Å². The molecule has 0 saturated carbocycles. The zero-order valence-corrected chi connectivity index (χ0v) is 11.7. The average molecular weight is 290 g/mol. The molecule has 3 aromatic rings. The summed E-state index contributed by atoms with van der Waals surface area (Å²) in [5.41, 5.74) is 2.32. The second-order valence-corrected chi connectivity index (χ2v) is 5.39. The Kier molecular flexibility index (Phi) is 3.62. The maximum absolute atomic E-state index is 5.78. The Hall–Kier alpha value is -1.65. The van der Waals surface area contributed by atoms with Crippen molar-refractivity contribution in [3.05, 3.63) is 52.6 Å². The average Bonchev–Trinajstić information content (AvgIpc) is 2.85. The first-order valence-corrected chi connectivity index (χ1v) is 7.26. The summed E-state index contributed by atoms with van der Waals surface area (Å²) >= 11 is 7.30. The summed E-state index contributed by atoms with van der Waals surface area (Å²) in [6.45, 7) is 0.819. The predicted molar refractivity (Wildman–Crippen MR) is 81.1 cm³/mol. The van der Waals surface area contributed by atoms with Crippen LogP contribution in [0.5, 0.6) is 0 Å². The number of anilines is 1. The Morgan fingerprint density at radius 2 is 2.11 bits per heavy atom. The molecule has 3 rings (SSSR count).